The molecule has 122 valence electrons. The van der Waals surface area contributed by atoms with Crippen LogP contribution < -0.4 is 10.6 Å². The van der Waals surface area contributed by atoms with E-state index >= 15 is 0 Å². The average molecular weight is 324 g/mol. The van der Waals surface area contributed by atoms with Gasteiger partial charge in [-0.05, 0) is 31.2 Å². The molecule has 0 radical (unpaired) electrons. The van der Waals surface area contributed by atoms with Crippen molar-refractivity contribution in [2.75, 3.05) is 6.54 Å². The normalized spacial score (nSPS) is 26.5. The van der Waals surface area contributed by atoms with E-state index in [1.54, 1.807) is 0 Å². The van der Waals surface area contributed by atoms with E-state index < -0.39 is 0 Å². The van der Waals surface area contributed by atoms with Gasteiger partial charge in [0.25, 0.3) is 5.91 Å². The Labute approximate surface area is 138 Å². The maximum atomic E-state index is 12.2. The number of nitrogens with one attached hydrogen (secondary N) is 1. The Morgan fingerprint density at radius 1 is 1.36 bits per heavy atom. The van der Waals surface area contributed by atoms with Gasteiger partial charge in [0.15, 0.2) is 6.54 Å². The van der Waals surface area contributed by atoms with Gasteiger partial charge in [0.1, 0.15) is 6.04 Å². The number of carbonyl (C=O) groups excluding carboxylic acids is 1. The van der Waals surface area contributed by atoms with Gasteiger partial charge >= 0.3 is 0 Å². The number of halogens is 1. The van der Waals surface area contributed by atoms with E-state index in [9.17, 15) is 4.79 Å². The first-order valence-corrected chi connectivity index (χ1v) is 8.74. The third kappa shape index (κ3) is 4.47. The molecule has 2 rings (SSSR count). The highest BCUT2D eigenvalue weighted by atomic mass is 35.5. The fourth-order valence-electron chi connectivity index (χ4n) is 3.31. The molecule has 1 fully saturated rings. The molecule has 0 aromatic heterocycles. The number of rotatable bonds is 5. The van der Waals surface area contributed by atoms with Gasteiger partial charge in [0.05, 0.1) is 0 Å². The lowest BCUT2D eigenvalue weighted by Crippen LogP contribution is -2.87. The zero-order chi connectivity index (χ0) is 16.1. The van der Waals surface area contributed by atoms with Crippen LogP contribution in [0.25, 0.3) is 0 Å². The van der Waals surface area contributed by atoms with E-state index in [-0.39, 0.29) is 11.9 Å². The number of carbonyl (C=O) groups is 1. The van der Waals surface area contributed by atoms with E-state index in [2.05, 4.69) is 26.1 Å². The van der Waals surface area contributed by atoms with Crippen LogP contribution in [0.3, 0.4) is 0 Å². The van der Waals surface area contributed by atoms with Crippen molar-refractivity contribution in [2.24, 2.45) is 11.8 Å². The minimum Gasteiger partial charge on any atom is -0.348 e. The Balaban J connectivity index is 1.81. The average Bonchev–Trinajstić information content (AvgIpc) is 2.50. The van der Waals surface area contributed by atoms with Crippen molar-refractivity contribution >= 4 is 17.5 Å². The summed E-state index contributed by atoms with van der Waals surface area (Å²) in [6, 6.07) is 8.34. The van der Waals surface area contributed by atoms with Crippen molar-refractivity contribution in [3.63, 3.8) is 0 Å². The van der Waals surface area contributed by atoms with Crippen LogP contribution in [0.2, 0.25) is 5.02 Å². The summed E-state index contributed by atoms with van der Waals surface area (Å²) in [5.74, 6) is 1.40. The molecule has 0 aliphatic heterocycles. The molecule has 3 nitrogen and oxygen atoms in total. The second kappa shape index (κ2) is 7.98. The summed E-state index contributed by atoms with van der Waals surface area (Å²) in [6.07, 6.45) is 3.61. The van der Waals surface area contributed by atoms with Crippen LogP contribution in [0.4, 0.5) is 0 Å². The van der Waals surface area contributed by atoms with Crippen LogP contribution in [0.1, 0.15) is 51.6 Å². The maximum Gasteiger partial charge on any atom is 0.275 e. The largest absolute Gasteiger partial charge is 0.348 e. The molecule has 1 aromatic carbocycles. The van der Waals surface area contributed by atoms with Gasteiger partial charge in [0.2, 0.25) is 0 Å². The lowest BCUT2D eigenvalue weighted by Gasteiger charge is -2.34. The second-order valence-corrected chi connectivity index (χ2v) is 7.10. The fourth-order valence-corrected chi connectivity index (χ4v) is 3.61. The molecule has 0 heterocycles. The highest BCUT2D eigenvalue weighted by molar-refractivity contribution is 6.31. The number of nitrogens with two attached hydrogens (primary N) is 1. The van der Waals surface area contributed by atoms with E-state index in [0.717, 1.165) is 17.0 Å². The van der Waals surface area contributed by atoms with E-state index in [0.29, 0.717) is 24.4 Å². The van der Waals surface area contributed by atoms with Gasteiger partial charge in [-0.1, -0.05) is 56.5 Å². The van der Waals surface area contributed by atoms with Crippen molar-refractivity contribution in [2.45, 2.75) is 52.1 Å². The highest BCUT2D eigenvalue weighted by Crippen LogP contribution is 2.29. The Kier molecular flexibility index (Phi) is 6.27. The topological polar surface area (TPSA) is 45.7 Å². The van der Waals surface area contributed by atoms with Gasteiger partial charge in [-0.3, -0.25) is 4.79 Å². The van der Waals surface area contributed by atoms with Gasteiger partial charge in [-0.25, -0.2) is 0 Å². The molecule has 1 aliphatic rings. The smallest absolute Gasteiger partial charge is 0.275 e. The predicted octanol–water partition coefficient (Wildman–Crippen LogP) is 2.91. The van der Waals surface area contributed by atoms with Gasteiger partial charge in [-0.2, -0.15) is 0 Å². The summed E-state index contributed by atoms with van der Waals surface area (Å²) in [6.45, 7) is 7.07. The Bertz CT molecular complexity index is 506. The summed E-state index contributed by atoms with van der Waals surface area (Å²) in [4.78, 5) is 12.2. The van der Waals surface area contributed by atoms with Crippen molar-refractivity contribution in [3.8, 4) is 0 Å². The summed E-state index contributed by atoms with van der Waals surface area (Å²) in [5.41, 5.74) is 1.08. The molecule has 0 saturated heterocycles. The number of amides is 1. The molecule has 0 unspecified atom stereocenters. The van der Waals surface area contributed by atoms with Crippen LogP contribution in [-0.2, 0) is 4.79 Å². The fraction of sp³-hybridized carbons (Fsp3) is 0.611. The molecule has 3 N–H and O–H groups in total. The predicted molar refractivity (Wildman–Crippen MR) is 90.8 cm³/mol. The van der Waals surface area contributed by atoms with Crippen LogP contribution in [0, 0.1) is 11.8 Å². The van der Waals surface area contributed by atoms with Crippen molar-refractivity contribution in [1.82, 2.24) is 5.32 Å². The highest BCUT2D eigenvalue weighted by Gasteiger charge is 2.28. The molecular formula is C18H28ClN2O+. The van der Waals surface area contributed by atoms with Crippen LogP contribution in [-0.4, -0.2) is 18.5 Å². The molecule has 1 aromatic rings. The monoisotopic (exact) mass is 323 g/mol. The summed E-state index contributed by atoms with van der Waals surface area (Å²) < 4.78 is 0. The molecule has 0 bridgehead atoms. The first-order valence-electron chi connectivity index (χ1n) is 8.36. The third-order valence-corrected chi connectivity index (χ3v) is 5.45. The lowest BCUT2D eigenvalue weighted by atomic mass is 9.78. The van der Waals surface area contributed by atoms with E-state index in [1.165, 1.54) is 12.8 Å². The van der Waals surface area contributed by atoms with Crippen LogP contribution in [0.15, 0.2) is 24.3 Å². The number of hydrogen-bond donors (Lipinski definition) is 2. The molecule has 22 heavy (non-hydrogen) atoms. The van der Waals surface area contributed by atoms with Crippen molar-refractivity contribution < 1.29 is 10.1 Å². The molecule has 1 aliphatic carbocycles. The number of benzene rings is 1. The summed E-state index contributed by atoms with van der Waals surface area (Å²) >= 11 is 6.20. The molecular weight excluding hydrogens is 296 g/mol. The summed E-state index contributed by atoms with van der Waals surface area (Å²) in [5, 5.41) is 6.03. The van der Waals surface area contributed by atoms with Gasteiger partial charge < -0.3 is 10.6 Å². The molecule has 4 heteroatoms. The number of quaternary nitrogens is 1. The van der Waals surface area contributed by atoms with Gasteiger partial charge in [-0.15, -0.1) is 0 Å². The van der Waals surface area contributed by atoms with E-state index in [4.69, 9.17) is 11.6 Å². The molecule has 4 atom stereocenters. The first kappa shape index (κ1) is 17.3. The standard InChI is InChI=1S/C18H27ClN2O/c1-12-7-6-10-17(13(12)2)21-18(22)11-20-14(3)15-8-4-5-9-16(15)19/h4-5,8-9,12-14,17,20H,6-7,10-11H2,1-3H3,(H,21,22)/p+1/t12-,13+,14-,17-/m0/s1. The quantitative estimate of drug-likeness (QED) is 0.860. The van der Waals surface area contributed by atoms with Crippen LogP contribution >= 0.6 is 11.6 Å². The SMILES string of the molecule is C[C@H]1[C@@H](NC(=O)C[NH2+][C@@H](C)c2ccccc2Cl)CCC[C@@H]1C. The van der Waals surface area contributed by atoms with E-state index in [1.807, 2.05) is 29.6 Å². The lowest BCUT2D eigenvalue weighted by molar-refractivity contribution is -0.682. The first-order chi connectivity index (χ1) is 10.5. The Hall–Kier alpha value is -1.06. The molecule has 1 amide bonds. The minimum atomic E-state index is 0.129. The summed E-state index contributed by atoms with van der Waals surface area (Å²) in [7, 11) is 0. The Morgan fingerprint density at radius 2 is 2.09 bits per heavy atom. The second-order valence-electron chi connectivity index (χ2n) is 6.69. The van der Waals surface area contributed by atoms with Crippen LogP contribution in [0.5, 0.6) is 0 Å². The number of hydrogen-bond acceptors (Lipinski definition) is 1. The molecule has 1 saturated carbocycles. The minimum absolute atomic E-state index is 0.129. The van der Waals surface area contributed by atoms with Crippen molar-refractivity contribution in [1.29, 1.82) is 0 Å². The zero-order valence-corrected chi connectivity index (χ0v) is 14.6. The van der Waals surface area contributed by atoms with Crippen molar-refractivity contribution in [3.05, 3.63) is 34.9 Å². The molecule has 0 spiro atoms. The van der Waals surface area contributed by atoms with Gasteiger partial charge in [0, 0.05) is 16.6 Å². The Morgan fingerprint density at radius 3 is 2.82 bits per heavy atom. The maximum absolute atomic E-state index is 12.2. The zero-order valence-electron chi connectivity index (χ0n) is 13.8. The third-order valence-electron chi connectivity index (χ3n) is 5.11.